The van der Waals surface area contributed by atoms with Crippen molar-refractivity contribution in [1.29, 1.82) is 0 Å². The van der Waals surface area contributed by atoms with Gasteiger partial charge in [0.15, 0.2) is 0 Å². The van der Waals surface area contributed by atoms with E-state index >= 15 is 0 Å². The van der Waals surface area contributed by atoms with Gasteiger partial charge in [-0.15, -0.1) is 0 Å². The van der Waals surface area contributed by atoms with Gasteiger partial charge < -0.3 is 4.90 Å². The summed E-state index contributed by atoms with van der Waals surface area (Å²) >= 11 is 0. The van der Waals surface area contributed by atoms with E-state index in [-0.39, 0.29) is 10.9 Å². The van der Waals surface area contributed by atoms with Gasteiger partial charge in [0.2, 0.25) is 10.0 Å². The number of anilines is 1. The van der Waals surface area contributed by atoms with E-state index in [0.717, 1.165) is 5.69 Å². The summed E-state index contributed by atoms with van der Waals surface area (Å²) in [5, 5.41) is 0. The van der Waals surface area contributed by atoms with Crippen LogP contribution in [0.25, 0.3) is 0 Å². The molecule has 122 valence electrons. The monoisotopic (exact) mass is 334 g/mol. The number of piperazine rings is 1. The lowest BCUT2D eigenvalue weighted by atomic mass is 10.2. The maximum atomic E-state index is 13.0. The van der Waals surface area contributed by atoms with Crippen molar-refractivity contribution in [2.75, 3.05) is 24.5 Å². The number of para-hydroxylation sites is 1. The fraction of sp³-hybridized carbons (Fsp3) is 0.294. The van der Waals surface area contributed by atoms with Crippen LogP contribution < -0.4 is 4.90 Å². The molecule has 0 aliphatic carbocycles. The van der Waals surface area contributed by atoms with Crippen LogP contribution in [0.1, 0.15) is 6.92 Å². The second-order valence-electron chi connectivity index (χ2n) is 5.69. The summed E-state index contributed by atoms with van der Waals surface area (Å²) in [6.45, 7) is 3.47. The largest absolute Gasteiger partial charge is 0.366 e. The molecule has 0 saturated carbocycles. The average molecular weight is 334 g/mol. The molecule has 0 amide bonds. The number of halogens is 1. The summed E-state index contributed by atoms with van der Waals surface area (Å²) in [7, 11) is -3.58. The van der Waals surface area contributed by atoms with Crippen molar-refractivity contribution in [2.45, 2.75) is 17.9 Å². The minimum absolute atomic E-state index is 0.0707. The topological polar surface area (TPSA) is 40.6 Å². The Morgan fingerprint density at radius 3 is 2.26 bits per heavy atom. The van der Waals surface area contributed by atoms with Crippen molar-refractivity contribution in [3.05, 3.63) is 60.4 Å². The van der Waals surface area contributed by atoms with Gasteiger partial charge in [0.05, 0.1) is 4.90 Å². The first kappa shape index (κ1) is 16.0. The van der Waals surface area contributed by atoms with Gasteiger partial charge in [-0.1, -0.05) is 18.2 Å². The summed E-state index contributed by atoms with van der Waals surface area (Å²) in [6, 6.07) is 15.0. The molecule has 0 aromatic heterocycles. The first-order valence-electron chi connectivity index (χ1n) is 7.56. The molecule has 1 atom stereocenters. The predicted octanol–water partition coefficient (Wildman–Crippen LogP) is 2.73. The van der Waals surface area contributed by atoms with Crippen molar-refractivity contribution in [2.24, 2.45) is 0 Å². The molecular formula is C17H19FN2O2S. The molecule has 6 heteroatoms. The number of rotatable bonds is 3. The molecule has 0 spiro atoms. The zero-order chi connectivity index (χ0) is 16.4. The quantitative estimate of drug-likeness (QED) is 0.866. The van der Waals surface area contributed by atoms with E-state index in [2.05, 4.69) is 4.90 Å². The molecule has 1 unspecified atom stereocenters. The van der Waals surface area contributed by atoms with Crippen molar-refractivity contribution in [1.82, 2.24) is 4.31 Å². The smallest absolute Gasteiger partial charge is 0.243 e. The SMILES string of the molecule is CC1CN(S(=O)(=O)c2ccc(F)cc2)CCN1c1ccccc1. The summed E-state index contributed by atoms with van der Waals surface area (Å²) < 4.78 is 39.8. The maximum Gasteiger partial charge on any atom is 0.243 e. The van der Waals surface area contributed by atoms with Crippen LogP contribution >= 0.6 is 0 Å². The van der Waals surface area contributed by atoms with Crippen LogP contribution in [0.2, 0.25) is 0 Å². The first-order chi connectivity index (χ1) is 11.0. The minimum Gasteiger partial charge on any atom is -0.366 e. The first-order valence-corrected chi connectivity index (χ1v) is 9.00. The molecule has 1 fully saturated rings. The Kier molecular flexibility index (Phi) is 4.37. The predicted molar refractivity (Wildman–Crippen MR) is 88.4 cm³/mol. The zero-order valence-electron chi connectivity index (χ0n) is 12.9. The molecular weight excluding hydrogens is 315 g/mol. The lowest BCUT2D eigenvalue weighted by Crippen LogP contribution is -2.53. The van der Waals surface area contributed by atoms with Gasteiger partial charge in [-0.05, 0) is 43.3 Å². The molecule has 3 rings (SSSR count). The van der Waals surface area contributed by atoms with Crippen molar-refractivity contribution in [3.63, 3.8) is 0 Å². The third-order valence-corrected chi connectivity index (χ3v) is 6.01. The van der Waals surface area contributed by atoms with Crippen LogP contribution in [0.3, 0.4) is 0 Å². The van der Waals surface area contributed by atoms with E-state index in [9.17, 15) is 12.8 Å². The van der Waals surface area contributed by atoms with E-state index in [4.69, 9.17) is 0 Å². The maximum absolute atomic E-state index is 13.0. The van der Waals surface area contributed by atoms with Crippen molar-refractivity contribution in [3.8, 4) is 0 Å². The molecule has 4 nitrogen and oxygen atoms in total. The normalized spacial score (nSPS) is 19.7. The summed E-state index contributed by atoms with van der Waals surface area (Å²) in [4.78, 5) is 2.34. The van der Waals surface area contributed by atoms with Gasteiger partial charge in [-0.25, -0.2) is 12.8 Å². The molecule has 0 radical (unpaired) electrons. The highest BCUT2D eigenvalue weighted by Crippen LogP contribution is 2.24. The third-order valence-electron chi connectivity index (χ3n) is 4.13. The highest BCUT2D eigenvalue weighted by molar-refractivity contribution is 7.89. The molecule has 23 heavy (non-hydrogen) atoms. The Balaban J connectivity index is 1.78. The van der Waals surface area contributed by atoms with E-state index < -0.39 is 15.8 Å². The zero-order valence-corrected chi connectivity index (χ0v) is 13.7. The van der Waals surface area contributed by atoms with Gasteiger partial charge in [0, 0.05) is 31.4 Å². The second kappa shape index (κ2) is 6.29. The van der Waals surface area contributed by atoms with Crippen LogP contribution in [-0.2, 0) is 10.0 Å². The second-order valence-corrected chi connectivity index (χ2v) is 7.63. The van der Waals surface area contributed by atoms with Crippen molar-refractivity contribution >= 4 is 15.7 Å². The molecule has 1 aliphatic heterocycles. The Bertz CT molecular complexity index is 763. The molecule has 2 aromatic carbocycles. The molecule has 1 saturated heterocycles. The number of hydrogen-bond donors (Lipinski definition) is 0. The Morgan fingerprint density at radius 1 is 1.00 bits per heavy atom. The highest BCUT2D eigenvalue weighted by atomic mass is 32.2. The van der Waals surface area contributed by atoms with Crippen molar-refractivity contribution < 1.29 is 12.8 Å². The third kappa shape index (κ3) is 3.23. The number of nitrogens with zero attached hydrogens (tertiary/aromatic N) is 2. The van der Waals surface area contributed by atoms with Crippen LogP contribution in [0.15, 0.2) is 59.5 Å². The number of hydrogen-bond acceptors (Lipinski definition) is 3. The van der Waals surface area contributed by atoms with E-state index in [1.54, 1.807) is 0 Å². The van der Waals surface area contributed by atoms with E-state index in [1.165, 1.54) is 28.6 Å². The van der Waals surface area contributed by atoms with Crippen LogP contribution in [-0.4, -0.2) is 38.4 Å². The Hall–Kier alpha value is -1.92. The van der Waals surface area contributed by atoms with Gasteiger partial charge in [-0.2, -0.15) is 4.31 Å². The summed E-state index contributed by atoms with van der Waals surface area (Å²) in [5.41, 5.74) is 1.10. The summed E-state index contributed by atoms with van der Waals surface area (Å²) in [6.07, 6.45) is 0. The van der Waals surface area contributed by atoms with Crippen LogP contribution in [0.5, 0.6) is 0 Å². The van der Waals surface area contributed by atoms with E-state index in [0.29, 0.717) is 19.6 Å². The lowest BCUT2D eigenvalue weighted by molar-refractivity contribution is 0.342. The standard InChI is InChI=1S/C17H19FN2O2S/c1-14-13-19(11-12-20(14)16-5-3-2-4-6-16)23(21,22)17-9-7-15(18)8-10-17/h2-10,14H,11-13H2,1H3. The van der Waals surface area contributed by atoms with Crippen LogP contribution in [0.4, 0.5) is 10.1 Å². The van der Waals surface area contributed by atoms with Gasteiger partial charge >= 0.3 is 0 Å². The molecule has 1 aliphatic rings. The molecule has 0 N–H and O–H groups in total. The highest BCUT2D eigenvalue weighted by Gasteiger charge is 2.32. The molecule has 2 aromatic rings. The Labute approximate surface area is 136 Å². The van der Waals surface area contributed by atoms with Gasteiger partial charge in [0.1, 0.15) is 5.82 Å². The molecule has 1 heterocycles. The fourth-order valence-electron chi connectivity index (χ4n) is 2.90. The molecule has 0 bridgehead atoms. The van der Waals surface area contributed by atoms with Gasteiger partial charge in [0.25, 0.3) is 0 Å². The number of sulfonamides is 1. The Morgan fingerprint density at radius 2 is 1.65 bits per heavy atom. The summed E-state index contributed by atoms with van der Waals surface area (Å²) in [5.74, 6) is -0.439. The number of benzene rings is 2. The van der Waals surface area contributed by atoms with E-state index in [1.807, 2.05) is 37.3 Å². The lowest BCUT2D eigenvalue weighted by Gasteiger charge is -2.40. The minimum atomic E-state index is -3.58. The van der Waals surface area contributed by atoms with Gasteiger partial charge in [-0.3, -0.25) is 0 Å². The average Bonchev–Trinajstić information content (AvgIpc) is 2.56. The van der Waals surface area contributed by atoms with Crippen LogP contribution in [0, 0.1) is 5.82 Å². The fourth-order valence-corrected chi connectivity index (χ4v) is 4.41.